The number of alkyl halides is 6. The third kappa shape index (κ3) is 5.82. The molecule has 0 aliphatic rings. The molecule has 11 heteroatoms. The SMILES string of the molecule is O=C(O)/C(=C\c1ccc(-c2ccccc2)o1)NC(=O)c1cc(C(F)(F)F)cc(C(F)(F)F)c1. The number of carbonyl (C=O) groups excluding carboxylic acids is 1. The van der Waals surface area contributed by atoms with Crippen LogP contribution in [0.5, 0.6) is 0 Å². The van der Waals surface area contributed by atoms with Gasteiger partial charge in [-0.15, -0.1) is 0 Å². The highest BCUT2D eigenvalue weighted by Crippen LogP contribution is 2.36. The highest BCUT2D eigenvalue weighted by Gasteiger charge is 2.37. The van der Waals surface area contributed by atoms with Crippen molar-refractivity contribution in [3.8, 4) is 11.3 Å². The van der Waals surface area contributed by atoms with Crippen molar-refractivity contribution < 1.29 is 45.5 Å². The molecule has 0 saturated heterocycles. The predicted octanol–water partition coefficient (Wildman–Crippen LogP) is 5.84. The third-order valence-electron chi connectivity index (χ3n) is 4.30. The summed E-state index contributed by atoms with van der Waals surface area (Å²) < 4.78 is 83.5. The molecule has 0 bridgehead atoms. The predicted molar refractivity (Wildman–Crippen MR) is 104 cm³/mol. The van der Waals surface area contributed by atoms with Gasteiger partial charge in [0.2, 0.25) is 0 Å². The summed E-state index contributed by atoms with van der Waals surface area (Å²) in [5.41, 5.74) is -4.58. The molecule has 1 amide bonds. The fourth-order valence-electron chi connectivity index (χ4n) is 2.76. The van der Waals surface area contributed by atoms with E-state index in [0.29, 0.717) is 11.3 Å². The van der Waals surface area contributed by atoms with Gasteiger partial charge in [-0.1, -0.05) is 30.3 Å². The lowest BCUT2D eigenvalue weighted by Crippen LogP contribution is -2.28. The first-order chi connectivity index (χ1) is 15.3. The standard InChI is InChI=1S/C22H13F6NO4/c23-21(24,25)14-8-13(9-15(10-14)22(26,27)28)19(30)29-17(20(31)32)11-16-6-7-18(33-16)12-4-2-1-3-5-12/h1-11H,(H,29,30)(H,31,32)/b17-11+. The van der Waals surface area contributed by atoms with Gasteiger partial charge in [0, 0.05) is 17.2 Å². The second kappa shape index (κ2) is 8.85. The molecule has 5 nitrogen and oxygen atoms in total. The lowest BCUT2D eigenvalue weighted by Gasteiger charge is -2.14. The number of hydrogen-bond donors (Lipinski definition) is 2. The minimum absolute atomic E-state index is 0.0217. The van der Waals surface area contributed by atoms with Gasteiger partial charge >= 0.3 is 18.3 Å². The maximum absolute atomic E-state index is 13.0. The van der Waals surface area contributed by atoms with E-state index in [4.69, 9.17) is 4.42 Å². The Balaban J connectivity index is 1.93. The van der Waals surface area contributed by atoms with Gasteiger partial charge in [-0.2, -0.15) is 26.3 Å². The third-order valence-corrected chi connectivity index (χ3v) is 4.30. The first-order valence-electron chi connectivity index (χ1n) is 9.05. The topological polar surface area (TPSA) is 79.5 Å². The van der Waals surface area contributed by atoms with Crippen molar-refractivity contribution in [2.24, 2.45) is 0 Å². The van der Waals surface area contributed by atoms with Gasteiger partial charge in [0.15, 0.2) is 0 Å². The van der Waals surface area contributed by atoms with Crippen molar-refractivity contribution >= 4 is 18.0 Å². The molecule has 0 radical (unpaired) electrons. The fraction of sp³-hybridized carbons (Fsp3) is 0.0909. The molecule has 0 saturated carbocycles. The average Bonchev–Trinajstić information content (AvgIpc) is 3.21. The van der Waals surface area contributed by atoms with Crippen LogP contribution < -0.4 is 5.32 Å². The first kappa shape index (κ1) is 23.6. The molecule has 0 fully saturated rings. The summed E-state index contributed by atoms with van der Waals surface area (Å²) >= 11 is 0. The number of nitrogens with one attached hydrogen (secondary N) is 1. The van der Waals surface area contributed by atoms with Crippen molar-refractivity contribution in [1.82, 2.24) is 5.32 Å². The molecule has 0 aliphatic carbocycles. The Hall–Kier alpha value is -4.02. The second-order valence-corrected chi connectivity index (χ2v) is 6.68. The van der Waals surface area contributed by atoms with E-state index in [-0.39, 0.29) is 24.0 Å². The van der Waals surface area contributed by atoms with Gasteiger partial charge in [0.25, 0.3) is 5.91 Å². The van der Waals surface area contributed by atoms with Crippen molar-refractivity contribution in [3.05, 3.63) is 88.8 Å². The average molecular weight is 469 g/mol. The number of carboxylic acids is 1. The van der Waals surface area contributed by atoms with Crippen LogP contribution in [0, 0.1) is 0 Å². The molecular formula is C22H13F6NO4. The van der Waals surface area contributed by atoms with E-state index < -0.39 is 46.6 Å². The zero-order valence-electron chi connectivity index (χ0n) is 16.3. The number of benzene rings is 2. The molecule has 3 rings (SSSR count). The molecule has 1 aromatic heterocycles. The van der Waals surface area contributed by atoms with E-state index in [2.05, 4.69) is 0 Å². The van der Waals surface area contributed by atoms with Gasteiger partial charge in [-0.25, -0.2) is 4.79 Å². The molecule has 2 aromatic carbocycles. The summed E-state index contributed by atoms with van der Waals surface area (Å²) in [6.07, 6.45) is -9.45. The number of halogens is 6. The van der Waals surface area contributed by atoms with E-state index in [1.165, 1.54) is 12.1 Å². The Labute approximate surface area is 182 Å². The number of hydrogen-bond acceptors (Lipinski definition) is 3. The van der Waals surface area contributed by atoms with Gasteiger partial charge in [0.05, 0.1) is 11.1 Å². The summed E-state index contributed by atoms with van der Waals surface area (Å²) in [5.74, 6) is -2.82. The van der Waals surface area contributed by atoms with E-state index >= 15 is 0 Å². The lowest BCUT2D eigenvalue weighted by atomic mass is 10.0. The maximum atomic E-state index is 13.0. The maximum Gasteiger partial charge on any atom is 0.416 e. The largest absolute Gasteiger partial charge is 0.477 e. The highest BCUT2D eigenvalue weighted by molar-refractivity contribution is 6.02. The number of furan rings is 1. The molecule has 1 heterocycles. The van der Waals surface area contributed by atoms with Crippen molar-refractivity contribution in [3.63, 3.8) is 0 Å². The molecule has 0 spiro atoms. The van der Waals surface area contributed by atoms with Gasteiger partial charge < -0.3 is 14.8 Å². The van der Waals surface area contributed by atoms with Crippen molar-refractivity contribution in [2.45, 2.75) is 12.4 Å². The summed E-state index contributed by atoms with van der Waals surface area (Å²) in [6.45, 7) is 0. The number of rotatable bonds is 5. The van der Waals surface area contributed by atoms with E-state index in [1.807, 2.05) is 5.32 Å². The van der Waals surface area contributed by atoms with Crippen LogP contribution in [-0.4, -0.2) is 17.0 Å². The summed E-state index contributed by atoms with van der Waals surface area (Å²) in [6, 6.07) is 11.8. The lowest BCUT2D eigenvalue weighted by molar-refractivity contribution is -0.143. The molecule has 0 aliphatic heterocycles. The highest BCUT2D eigenvalue weighted by atomic mass is 19.4. The summed E-state index contributed by atoms with van der Waals surface area (Å²) in [7, 11) is 0. The molecule has 33 heavy (non-hydrogen) atoms. The Morgan fingerprint density at radius 2 is 1.42 bits per heavy atom. The molecule has 3 aromatic rings. The normalized spacial score (nSPS) is 12.5. The molecular weight excluding hydrogens is 456 g/mol. The Bertz CT molecular complexity index is 1180. The van der Waals surface area contributed by atoms with E-state index in [1.54, 1.807) is 30.3 Å². The molecule has 0 unspecified atom stereocenters. The van der Waals surface area contributed by atoms with Gasteiger partial charge in [-0.05, 0) is 30.3 Å². The van der Waals surface area contributed by atoms with E-state index in [9.17, 15) is 41.0 Å². The minimum atomic E-state index is -5.16. The Morgan fingerprint density at radius 1 is 0.848 bits per heavy atom. The van der Waals surface area contributed by atoms with Crippen LogP contribution >= 0.6 is 0 Å². The minimum Gasteiger partial charge on any atom is -0.477 e. The van der Waals surface area contributed by atoms with E-state index in [0.717, 1.165) is 6.08 Å². The smallest absolute Gasteiger partial charge is 0.416 e. The molecule has 172 valence electrons. The Kier molecular flexibility index (Phi) is 6.34. The molecule has 2 N–H and O–H groups in total. The zero-order valence-corrected chi connectivity index (χ0v) is 16.3. The molecule has 0 atom stereocenters. The van der Waals surface area contributed by atoms with Crippen LogP contribution in [0.3, 0.4) is 0 Å². The van der Waals surface area contributed by atoms with Crippen LogP contribution in [0.15, 0.2) is 70.8 Å². The van der Waals surface area contributed by atoms with Crippen LogP contribution in [0.2, 0.25) is 0 Å². The monoisotopic (exact) mass is 469 g/mol. The second-order valence-electron chi connectivity index (χ2n) is 6.68. The van der Waals surface area contributed by atoms with Crippen LogP contribution in [0.4, 0.5) is 26.3 Å². The Morgan fingerprint density at radius 3 is 1.94 bits per heavy atom. The zero-order chi connectivity index (χ0) is 24.4. The summed E-state index contributed by atoms with van der Waals surface area (Å²) in [4.78, 5) is 23.9. The van der Waals surface area contributed by atoms with Crippen LogP contribution in [0.25, 0.3) is 17.4 Å². The van der Waals surface area contributed by atoms with Crippen LogP contribution in [0.1, 0.15) is 27.2 Å². The quantitative estimate of drug-likeness (QED) is 0.364. The summed E-state index contributed by atoms with van der Waals surface area (Å²) in [5, 5.41) is 11.2. The number of carbonyl (C=O) groups is 2. The number of amides is 1. The van der Waals surface area contributed by atoms with Gasteiger partial charge in [-0.3, -0.25) is 4.79 Å². The fourth-order valence-corrected chi connectivity index (χ4v) is 2.76. The van der Waals surface area contributed by atoms with Crippen LogP contribution in [-0.2, 0) is 17.1 Å². The number of carboxylic acid groups (broad SMARTS) is 1. The van der Waals surface area contributed by atoms with Gasteiger partial charge in [0.1, 0.15) is 17.2 Å². The van der Waals surface area contributed by atoms with Crippen molar-refractivity contribution in [2.75, 3.05) is 0 Å². The number of aliphatic carboxylic acids is 1. The van der Waals surface area contributed by atoms with Crippen molar-refractivity contribution in [1.29, 1.82) is 0 Å². The first-order valence-corrected chi connectivity index (χ1v) is 9.05.